The van der Waals surface area contributed by atoms with Gasteiger partial charge in [-0.25, -0.2) is 0 Å². The molecular weight excluding hydrogens is 361 g/mol. The molecule has 2 aromatic rings. The van der Waals surface area contributed by atoms with Crippen LogP contribution in [0.15, 0.2) is 47.6 Å². The average Bonchev–Trinajstić information content (AvgIpc) is 2.61. The van der Waals surface area contributed by atoms with Crippen molar-refractivity contribution in [2.24, 2.45) is 5.10 Å². The van der Waals surface area contributed by atoms with Crippen molar-refractivity contribution in [2.75, 3.05) is 31.6 Å². The number of ether oxygens (including phenoxy) is 1. The summed E-state index contributed by atoms with van der Waals surface area (Å²) in [4.78, 5) is 12.4. The van der Waals surface area contributed by atoms with Crippen LogP contribution in [0.4, 0.5) is 5.69 Å². The van der Waals surface area contributed by atoms with Crippen LogP contribution < -0.4 is 5.32 Å². The molecule has 1 saturated heterocycles. The largest absolute Gasteiger partial charge is 0.378 e. The summed E-state index contributed by atoms with van der Waals surface area (Å²) in [6, 6.07) is 12.2. The fourth-order valence-electron chi connectivity index (χ4n) is 2.39. The number of morpholine rings is 1. The van der Waals surface area contributed by atoms with E-state index >= 15 is 0 Å². The van der Waals surface area contributed by atoms with Crippen molar-refractivity contribution in [1.29, 1.82) is 0 Å². The lowest BCUT2D eigenvalue weighted by molar-refractivity contribution is 0.0397. The summed E-state index contributed by atoms with van der Waals surface area (Å²) in [5.74, 6) is -0.288. The van der Waals surface area contributed by atoms with Gasteiger partial charge in [0.25, 0.3) is 5.91 Å². The highest BCUT2D eigenvalue weighted by atomic mass is 35.5. The number of anilines is 1. The fourth-order valence-corrected chi connectivity index (χ4v) is 2.88. The highest BCUT2D eigenvalue weighted by Gasteiger charge is 2.11. The number of carbonyl (C=O) groups is 1. The second-order valence-electron chi connectivity index (χ2n) is 5.51. The standard InChI is InChI=1S/C18H17Cl2N3O2/c19-14-4-5-16(17(20)11-14)18(24)22-15-3-1-2-13(10-15)12-21-23-6-8-25-9-7-23/h1-5,10-12H,6-9H2,(H,22,24)/b21-12-. The number of benzene rings is 2. The number of rotatable bonds is 4. The Bertz CT molecular complexity index is 790. The van der Waals surface area contributed by atoms with E-state index in [0.29, 0.717) is 34.5 Å². The van der Waals surface area contributed by atoms with E-state index in [9.17, 15) is 4.79 Å². The van der Waals surface area contributed by atoms with Gasteiger partial charge in [0.1, 0.15) is 0 Å². The summed E-state index contributed by atoms with van der Waals surface area (Å²) in [7, 11) is 0. The molecule has 130 valence electrons. The van der Waals surface area contributed by atoms with E-state index in [1.807, 2.05) is 29.3 Å². The Balaban J connectivity index is 1.68. The molecule has 0 spiro atoms. The smallest absolute Gasteiger partial charge is 0.257 e. The van der Waals surface area contributed by atoms with Gasteiger partial charge in [-0.05, 0) is 35.9 Å². The first-order valence-corrected chi connectivity index (χ1v) is 8.60. The number of amides is 1. The summed E-state index contributed by atoms with van der Waals surface area (Å²) >= 11 is 11.9. The number of hydrogen-bond donors (Lipinski definition) is 1. The van der Waals surface area contributed by atoms with Crippen LogP contribution in [-0.2, 0) is 4.74 Å². The maximum atomic E-state index is 12.4. The summed E-state index contributed by atoms with van der Waals surface area (Å²) in [6.45, 7) is 2.94. The van der Waals surface area contributed by atoms with Gasteiger partial charge >= 0.3 is 0 Å². The molecule has 1 heterocycles. The number of carbonyl (C=O) groups excluding carboxylic acids is 1. The average molecular weight is 378 g/mol. The Morgan fingerprint density at radius 1 is 1.16 bits per heavy atom. The van der Waals surface area contributed by atoms with Crippen LogP contribution >= 0.6 is 23.2 Å². The molecule has 0 atom stereocenters. The Kier molecular flexibility index (Phi) is 5.91. The first-order valence-electron chi connectivity index (χ1n) is 7.85. The predicted octanol–water partition coefficient (Wildman–Crippen LogP) is 3.91. The molecule has 3 rings (SSSR count). The van der Waals surface area contributed by atoms with Crippen molar-refractivity contribution in [2.45, 2.75) is 0 Å². The van der Waals surface area contributed by atoms with Gasteiger partial charge in [-0.15, -0.1) is 0 Å². The van der Waals surface area contributed by atoms with Crippen LogP contribution in [0.2, 0.25) is 10.0 Å². The maximum absolute atomic E-state index is 12.4. The highest BCUT2D eigenvalue weighted by Crippen LogP contribution is 2.22. The van der Waals surface area contributed by atoms with Crippen molar-refractivity contribution in [1.82, 2.24) is 5.01 Å². The van der Waals surface area contributed by atoms with Gasteiger partial charge in [0.05, 0.1) is 43.1 Å². The van der Waals surface area contributed by atoms with Gasteiger partial charge in [0, 0.05) is 10.7 Å². The topological polar surface area (TPSA) is 53.9 Å². The minimum absolute atomic E-state index is 0.288. The molecule has 2 aromatic carbocycles. The minimum Gasteiger partial charge on any atom is -0.378 e. The van der Waals surface area contributed by atoms with E-state index < -0.39 is 0 Å². The second-order valence-corrected chi connectivity index (χ2v) is 6.36. The molecule has 1 N–H and O–H groups in total. The number of hydrazone groups is 1. The van der Waals surface area contributed by atoms with Crippen molar-refractivity contribution >= 4 is 41.0 Å². The van der Waals surface area contributed by atoms with Crippen molar-refractivity contribution < 1.29 is 9.53 Å². The summed E-state index contributed by atoms with van der Waals surface area (Å²) < 4.78 is 5.29. The van der Waals surface area contributed by atoms with Crippen LogP contribution in [0.25, 0.3) is 0 Å². The number of halogens is 2. The molecule has 0 radical (unpaired) electrons. The SMILES string of the molecule is O=C(Nc1cccc(/C=N\N2CCOCC2)c1)c1ccc(Cl)cc1Cl. The van der Waals surface area contributed by atoms with Crippen LogP contribution in [0.3, 0.4) is 0 Å². The molecular formula is C18H17Cl2N3O2. The number of hydrogen-bond acceptors (Lipinski definition) is 4. The lowest BCUT2D eigenvalue weighted by atomic mass is 10.2. The second kappa shape index (κ2) is 8.34. The molecule has 5 nitrogen and oxygen atoms in total. The van der Waals surface area contributed by atoms with Crippen molar-refractivity contribution in [3.63, 3.8) is 0 Å². The molecule has 7 heteroatoms. The molecule has 1 aliphatic rings. The third kappa shape index (κ3) is 4.95. The van der Waals surface area contributed by atoms with E-state index in [0.717, 1.165) is 18.7 Å². The lowest BCUT2D eigenvalue weighted by Gasteiger charge is -2.23. The molecule has 0 unspecified atom stereocenters. The monoisotopic (exact) mass is 377 g/mol. The zero-order valence-electron chi connectivity index (χ0n) is 13.4. The third-order valence-electron chi connectivity index (χ3n) is 3.68. The van der Waals surface area contributed by atoms with Crippen LogP contribution in [0.1, 0.15) is 15.9 Å². The van der Waals surface area contributed by atoms with Gasteiger partial charge < -0.3 is 10.1 Å². The minimum atomic E-state index is -0.288. The fraction of sp³-hybridized carbons (Fsp3) is 0.222. The zero-order chi connectivity index (χ0) is 17.6. The molecule has 25 heavy (non-hydrogen) atoms. The molecule has 1 amide bonds. The molecule has 0 bridgehead atoms. The van der Waals surface area contributed by atoms with Gasteiger partial charge in [0.2, 0.25) is 0 Å². The van der Waals surface area contributed by atoms with Crippen molar-refractivity contribution in [3.05, 3.63) is 63.6 Å². The Hall–Kier alpha value is -2.08. The van der Waals surface area contributed by atoms with Gasteiger partial charge in [-0.3, -0.25) is 9.80 Å². The molecule has 1 aliphatic heterocycles. The first kappa shape index (κ1) is 17.7. The quantitative estimate of drug-likeness (QED) is 0.821. The Morgan fingerprint density at radius 2 is 1.96 bits per heavy atom. The molecule has 1 fully saturated rings. The summed E-state index contributed by atoms with van der Waals surface area (Å²) in [6.07, 6.45) is 1.77. The van der Waals surface area contributed by atoms with E-state index in [-0.39, 0.29) is 5.91 Å². The van der Waals surface area contributed by atoms with Crippen LogP contribution in [0.5, 0.6) is 0 Å². The lowest BCUT2D eigenvalue weighted by Crippen LogP contribution is -2.32. The predicted molar refractivity (Wildman–Crippen MR) is 101 cm³/mol. The van der Waals surface area contributed by atoms with Gasteiger partial charge in [-0.2, -0.15) is 5.10 Å². The van der Waals surface area contributed by atoms with E-state index in [1.54, 1.807) is 24.4 Å². The number of nitrogens with one attached hydrogen (secondary N) is 1. The first-order chi connectivity index (χ1) is 12.1. The van der Waals surface area contributed by atoms with Crippen molar-refractivity contribution in [3.8, 4) is 0 Å². The third-order valence-corrected chi connectivity index (χ3v) is 4.23. The molecule has 0 aliphatic carbocycles. The van der Waals surface area contributed by atoms with E-state index in [4.69, 9.17) is 27.9 Å². The molecule has 0 aromatic heterocycles. The summed E-state index contributed by atoms with van der Waals surface area (Å²) in [5, 5.41) is 10.0. The maximum Gasteiger partial charge on any atom is 0.257 e. The Labute approximate surface area is 156 Å². The Morgan fingerprint density at radius 3 is 2.72 bits per heavy atom. The molecule has 0 saturated carbocycles. The normalized spacial score (nSPS) is 14.7. The van der Waals surface area contributed by atoms with E-state index in [2.05, 4.69) is 10.4 Å². The highest BCUT2D eigenvalue weighted by molar-refractivity contribution is 6.37. The van der Waals surface area contributed by atoms with Gasteiger partial charge in [-0.1, -0.05) is 35.3 Å². The summed E-state index contributed by atoms with van der Waals surface area (Å²) in [5.41, 5.74) is 1.94. The zero-order valence-corrected chi connectivity index (χ0v) is 14.9. The number of nitrogens with zero attached hydrogens (tertiary/aromatic N) is 2. The van der Waals surface area contributed by atoms with Crippen LogP contribution in [-0.4, -0.2) is 43.4 Å². The van der Waals surface area contributed by atoms with Crippen LogP contribution in [0, 0.1) is 0 Å². The van der Waals surface area contributed by atoms with Gasteiger partial charge in [0.15, 0.2) is 0 Å². The van der Waals surface area contributed by atoms with E-state index in [1.165, 1.54) is 0 Å².